The molecule has 5 rings (SSSR count). The number of hydrogen-bond donors (Lipinski definition) is 0. The summed E-state index contributed by atoms with van der Waals surface area (Å²) in [7, 11) is 0. The van der Waals surface area contributed by atoms with Crippen molar-refractivity contribution in [2.75, 3.05) is 6.54 Å². The molecule has 2 saturated heterocycles. The largest absolute Gasteiger partial charge is 0.454 e. The lowest BCUT2D eigenvalue weighted by atomic mass is 9.85. The van der Waals surface area contributed by atoms with E-state index in [0.29, 0.717) is 47.2 Å². The maximum atomic E-state index is 13.1. The van der Waals surface area contributed by atoms with Crippen LogP contribution >= 0.6 is 11.6 Å². The number of fused-ring (bicyclic) bond motifs is 3. The maximum absolute atomic E-state index is 13.1. The molecular formula is C27H27ClF3N3O2. The molecule has 9 heteroatoms. The van der Waals surface area contributed by atoms with E-state index >= 15 is 0 Å². The highest BCUT2D eigenvalue weighted by Crippen LogP contribution is 2.40. The van der Waals surface area contributed by atoms with E-state index in [4.69, 9.17) is 11.6 Å². The van der Waals surface area contributed by atoms with Crippen LogP contribution in [-0.2, 0) is 6.54 Å². The fourth-order valence-electron chi connectivity index (χ4n) is 5.98. The first-order valence-electron chi connectivity index (χ1n) is 12.3. The number of aromatic nitrogens is 2. The Hall–Kier alpha value is -2.71. The molecule has 2 aromatic heterocycles. The van der Waals surface area contributed by atoms with Gasteiger partial charge in [0.25, 0.3) is 5.78 Å². The average molecular weight is 518 g/mol. The molecule has 0 saturated carbocycles. The van der Waals surface area contributed by atoms with Gasteiger partial charge in [0.1, 0.15) is 5.65 Å². The van der Waals surface area contributed by atoms with Crippen LogP contribution in [0.2, 0.25) is 5.02 Å². The minimum atomic E-state index is -4.92. The molecule has 0 spiro atoms. The Morgan fingerprint density at radius 2 is 1.72 bits per heavy atom. The van der Waals surface area contributed by atoms with Crippen molar-refractivity contribution in [2.45, 2.75) is 63.3 Å². The second kappa shape index (κ2) is 9.98. The summed E-state index contributed by atoms with van der Waals surface area (Å²) in [5.41, 5.74) is 0.745. The summed E-state index contributed by atoms with van der Waals surface area (Å²) in [6, 6.07) is 10.9. The molecule has 2 aliphatic rings. The molecule has 4 heterocycles. The van der Waals surface area contributed by atoms with Crippen LogP contribution in [0.15, 0.2) is 48.8 Å². The normalized spacial score (nSPS) is 22.3. The van der Waals surface area contributed by atoms with Gasteiger partial charge in [-0.2, -0.15) is 13.2 Å². The summed E-state index contributed by atoms with van der Waals surface area (Å²) < 4.78 is 40.9. The molecule has 0 N–H and O–H groups in total. The number of alkyl halides is 3. The lowest BCUT2D eigenvalue weighted by Crippen LogP contribution is -2.43. The third-order valence-corrected chi connectivity index (χ3v) is 7.83. The highest BCUT2D eigenvalue weighted by molar-refractivity contribution is 6.30. The summed E-state index contributed by atoms with van der Waals surface area (Å²) in [5.74, 6) is -1.33. The van der Waals surface area contributed by atoms with Crippen LogP contribution in [0.3, 0.4) is 0 Å². The fraction of sp³-hybridized carbons (Fsp3) is 0.444. The molecular weight excluding hydrogens is 491 g/mol. The second-order valence-electron chi connectivity index (χ2n) is 9.89. The third kappa shape index (κ3) is 5.06. The summed E-state index contributed by atoms with van der Waals surface area (Å²) in [5, 5.41) is 0.843. The number of aryl methyl sites for hydroxylation is 1. The van der Waals surface area contributed by atoms with Gasteiger partial charge in [0.2, 0.25) is 0 Å². The quantitative estimate of drug-likeness (QED) is 0.327. The zero-order valence-corrected chi connectivity index (χ0v) is 20.4. The van der Waals surface area contributed by atoms with Crippen LogP contribution in [0.1, 0.15) is 59.2 Å². The Bertz CT molecular complexity index is 1260. The van der Waals surface area contributed by atoms with Crippen molar-refractivity contribution < 1.29 is 22.8 Å². The second-order valence-corrected chi connectivity index (χ2v) is 10.3. The van der Waals surface area contributed by atoms with Crippen molar-refractivity contribution in [3.8, 4) is 0 Å². The van der Waals surface area contributed by atoms with Crippen LogP contribution in [0.4, 0.5) is 13.2 Å². The summed E-state index contributed by atoms with van der Waals surface area (Å²) in [6.07, 6.45) is 3.34. The smallest absolute Gasteiger partial charge is 0.332 e. The van der Waals surface area contributed by atoms with E-state index in [2.05, 4.69) is 9.88 Å². The zero-order chi connectivity index (χ0) is 25.4. The lowest BCUT2D eigenvalue weighted by Gasteiger charge is -2.39. The van der Waals surface area contributed by atoms with Crippen molar-refractivity contribution in [1.82, 2.24) is 14.5 Å². The average Bonchev–Trinajstić information content (AvgIpc) is 3.32. The number of nitrogens with zero attached hydrogens (tertiary/aromatic N) is 3. The molecule has 2 aliphatic heterocycles. The lowest BCUT2D eigenvalue weighted by molar-refractivity contribution is -0.0884. The number of rotatable bonds is 8. The number of hydrogen-bond acceptors (Lipinski definition) is 4. The van der Waals surface area contributed by atoms with E-state index in [9.17, 15) is 22.8 Å². The molecule has 0 radical (unpaired) electrons. The number of benzene rings is 1. The minimum absolute atomic E-state index is 0.153. The predicted octanol–water partition coefficient (Wildman–Crippen LogP) is 6.34. The summed E-state index contributed by atoms with van der Waals surface area (Å²) in [4.78, 5) is 31.4. The van der Waals surface area contributed by atoms with Crippen molar-refractivity contribution in [2.24, 2.45) is 5.92 Å². The van der Waals surface area contributed by atoms with Crippen LogP contribution in [0.25, 0.3) is 11.0 Å². The SMILES string of the molecule is O=C(CC1CC2CCC(C1)N2CCCn1cc(C(=O)C(F)(F)F)c2cccnc21)c1ccc(Cl)cc1. The molecule has 36 heavy (non-hydrogen) atoms. The first-order valence-corrected chi connectivity index (χ1v) is 12.7. The standard InChI is InChI=1S/C27H27ClF3N3O2/c28-19-6-4-18(5-7-19)24(35)15-17-13-20-8-9-21(14-17)34(20)12-2-11-33-16-23(25(36)27(29,30)31)22-3-1-10-32-26(22)33/h1,3-7,10,16-17,20-21H,2,8-9,11-15H2. The van der Waals surface area contributed by atoms with Crippen molar-refractivity contribution >= 4 is 34.2 Å². The zero-order valence-electron chi connectivity index (χ0n) is 19.7. The molecule has 190 valence electrons. The van der Waals surface area contributed by atoms with Crippen molar-refractivity contribution in [1.29, 1.82) is 0 Å². The third-order valence-electron chi connectivity index (χ3n) is 7.57. The Morgan fingerprint density at radius 3 is 2.39 bits per heavy atom. The van der Waals surface area contributed by atoms with Crippen LogP contribution in [0, 0.1) is 5.92 Å². The van der Waals surface area contributed by atoms with E-state index in [0.717, 1.165) is 38.6 Å². The van der Waals surface area contributed by atoms with Gasteiger partial charge in [-0.15, -0.1) is 0 Å². The molecule has 0 amide bonds. The number of carbonyl (C=O) groups excluding carboxylic acids is 2. The monoisotopic (exact) mass is 517 g/mol. The Labute approximate surface area is 212 Å². The van der Waals surface area contributed by atoms with E-state index in [1.165, 1.54) is 18.5 Å². The van der Waals surface area contributed by atoms with E-state index < -0.39 is 12.0 Å². The van der Waals surface area contributed by atoms with Crippen molar-refractivity contribution in [3.05, 3.63) is 64.9 Å². The first-order chi connectivity index (χ1) is 17.2. The highest BCUT2D eigenvalue weighted by atomic mass is 35.5. The summed E-state index contributed by atoms with van der Waals surface area (Å²) >= 11 is 5.93. The highest BCUT2D eigenvalue weighted by Gasteiger charge is 2.42. The molecule has 5 nitrogen and oxygen atoms in total. The molecule has 3 aromatic rings. The number of carbonyl (C=O) groups is 2. The van der Waals surface area contributed by atoms with Gasteiger partial charge in [-0.1, -0.05) is 11.6 Å². The van der Waals surface area contributed by atoms with E-state index in [-0.39, 0.29) is 16.7 Å². The van der Waals surface area contributed by atoms with E-state index in [1.54, 1.807) is 34.9 Å². The number of piperidine rings is 1. The van der Waals surface area contributed by atoms with Gasteiger partial charge in [-0.25, -0.2) is 4.98 Å². The first kappa shape index (κ1) is 25.0. The van der Waals surface area contributed by atoms with Crippen molar-refractivity contribution in [3.63, 3.8) is 0 Å². The molecule has 1 aromatic carbocycles. The van der Waals surface area contributed by atoms with Crippen LogP contribution < -0.4 is 0 Å². The molecule has 2 bridgehead atoms. The van der Waals surface area contributed by atoms with Gasteiger partial charge in [0, 0.05) is 60.0 Å². The number of Topliss-reactive ketones (excluding diaryl/α,β-unsaturated/α-hetero) is 2. The van der Waals surface area contributed by atoms with Gasteiger partial charge in [-0.3, -0.25) is 14.5 Å². The number of ketones is 2. The van der Waals surface area contributed by atoms with Gasteiger partial charge in [0.05, 0.1) is 5.56 Å². The molecule has 2 unspecified atom stereocenters. The number of halogens is 4. The Balaban J connectivity index is 1.20. The minimum Gasteiger partial charge on any atom is -0.332 e. The molecule has 2 atom stereocenters. The molecule has 0 aliphatic carbocycles. The van der Waals surface area contributed by atoms with Crippen LogP contribution in [-0.4, -0.2) is 50.8 Å². The van der Waals surface area contributed by atoms with Gasteiger partial charge in [0.15, 0.2) is 5.78 Å². The fourth-order valence-corrected chi connectivity index (χ4v) is 6.11. The Morgan fingerprint density at radius 1 is 1.03 bits per heavy atom. The van der Waals surface area contributed by atoms with Gasteiger partial charge < -0.3 is 4.57 Å². The van der Waals surface area contributed by atoms with Gasteiger partial charge >= 0.3 is 6.18 Å². The number of pyridine rings is 1. The van der Waals surface area contributed by atoms with Crippen LogP contribution in [0.5, 0.6) is 0 Å². The maximum Gasteiger partial charge on any atom is 0.454 e. The predicted molar refractivity (Wildman–Crippen MR) is 131 cm³/mol. The Kier molecular flexibility index (Phi) is 6.92. The van der Waals surface area contributed by atoms with E-state index in [1.807, 2.05) is 0 Å². The topological polar surface area (TPSA) is 55.2 Å². The van der Waals surface area contributed by atoms with Gasteiger partial charge in [-0.05, 0) is 74.4 Å². The molecule has 2 fully saturated rings. The summed E-state index contributed by atoms with van der Waals surface area (Å²) in [6.45, 7) is 1.30.